The van der Waals surface area contributed by atoms with Gasteiger partial charge in [-0.05, 0) is 56.2 Å². The van der Waals surface area contributed by atoms with E-state index in [1.807, 2.05) is 11.8 Å². The van der Waals surface area contributed by atoms with Crippen LogP contribution < -0.4 is 15.5 Å². The van der Waals surface area contributed by atoms with Crippen LogP contribution in [-0.4, -0.2) is 76.8 Å². The fraction of sp³-hybridized carbons (Fsp3) is 0.370. The number of carboxylic acid groups (broad SMARTS) is 1. The molecule has 2 fully saturated rings. The van der Waals surface area contributed by atoms with E-state index in [1.165, 1.54) is 18.2 Å². The molecule has 2 aliphatic rings. The van der Waals surface area contributed by atoms with Crippen LogP contribution in [0.3, 0.4) is 0 Å². The molecule has 1 atom stereocenters. The molecule has 42 heavy (non-hydrogen) atoms. The Hall–Kier alpha value is -4.27. The lowest BCUT2D eigenvalue weighted by molar-refractivity contribution is -0.192. The van der Waals surface area contributed by atoms with Crippen LogP contribution in [0.1, 0.15) is 30.3 Å². The third-order valence-corrected chi connectivity index (χ3v) is 7.21. The van der Waals surface area contributed by atoms with Gasteiger partial charge in [0.1, 0.15) is 17.1 Å². The maximum atomic E-state index is 13.8. The minimum atomic E-state index is -5.08. The summed E-state index contributed by atoms with van der Waals surface area (Å²) in [5, 5.41) is 13.6. The molecule has 4 N–H and O–H groups in total. The van der Waals surface area contributed by atoms with Crippen LogP contribution in [0, 0.1) is 17.5 Å². The van der Waals surface area contributed by atoms with Crippen molar-refractivity contribution in [3.8, 4) is 0 Å². The van der Waals surface area contributed by atoms with Crippen molar-refractivity contribution in [3.63, 3.8) is 0 Å². The van der Waals surface area contributed by atoms with Gasteiger partial charge in [0.2, 0.25) is 5.91 Å². The number of likely N-dealkylation sites (tertiary alicyclic amines) is 1. The number of aromatic nitrogens is 1. The lowest BCUT2D eigenvalue weighted by atomic mass is 9.85. The molecule has 9 nitrogen and oxygen atoms in total. The Kier molecular flexibility index (Phi) is 8.71. The van der Waals surface area contributed by atoms with Gasteiger partial charge in [-0.2, -0.15) is 13.2 Å². The lowest BCUT2D eigenvalue weighted by Gasteiger charge is -2.43. The molecule has 2 saturated heterocycles. The zero-order chi connectivity index (χ0) is 30.8. The highest BCUT2D eigenvalue weighted by Crippen LogP contribution is 2.36. The summed E-state index contributed by atoms with van der Waals surface area (Å²) in [7, 11) is 0. The van der Waals surface area contributed by atoms with Crippen molar-refractivity contribution in [1.29, 1.82) is 0 Å². The average Bonchev–Trinajstić information content (AvgIpc) is 3.48. The van der Waals surface area contributed by atoms with Crippen molar-refractivity contribution < 1.29 is 45.8 Å². The average molecular weight is 600 g/mol. The quantitative estimate of drug-likeness (QED) is 0.332. The maximum Gasteiger partial charge on any atom is 0.490 e. The smallest absolute Gasteiger partial charge is 0.475 e. The normalized spacial score (nSPS) is 17.5. The summed E-state index contributed by atoms with van der Waals surface area (Å²) in [6.45, 7) is 3.95. The van der Waals surface area contributed by atoms with Crippen molar-refractivity contribution in [2.45, 2.75) is 37.5 Å². The van der Waals surface area contributed by atoms with Crippen LogP contribution in [0.25, 0.3) is 10.9 Å². The Morgan fingerprint density at radius 3 is 2.33 bits per heavy atom. The second-order valence-electron chi connectivity index (χ2n) is 10.1. The SMILES string of the molecule is C[C@@H](CN1CCC2(CC1)C(=O)NCN2c1ccc(F)c(F)c1)NC(=O)c1cc2cc(F)ccc2[nH]1.O=C(O)C(F)(F)F. The van der Waals surface area contributed by atoms with Crippen LogP contribution in [0.4, 0.5) is 32.0 Å². The number of aromatic amines is 1. The van der Waals surface area contributed by atoms with Crippen LogP contribution in [0.2, 0.25) is 0 Å². The van der Waals surface area contributed by atoms with E-state index in [0.29, 0.717) is 54.8 Å². The van der Waals surface area contributed by atoms with Gasteiger partial charge in [-0.25, -0.2) is 18.0 Å². The van der Waals surface area contributed by atoms with Crippen LogP contribution >= 0.6 is 0 Å². The largest absolute Gasteiger partial charge is 0.490 e. The fourth-order valence-electron chi connectivity index (χ4n) is 5.14. The van der Waals surface area contributed by atoms with E-state index in [2.05, 4.69) is 20.5 Å². The molecule has 0 unspecified atom stereocenters. The van der Waals surface area contributed by atoms with E-state index < -0.39 is 29.3 Å². The zero-order valence-corrected chi connectivity index (χ0v) is 22.2. The first-order valence-electron chi connectivity index (χ1n) is 12.8. The van der Waals surface area contributed by atoms with Gasteiger partial charge in [0, 0.05) is 48.3 Å². The highest BCUT2D eigenvalue weighted by atomic mass is 19.4. The maximum absolute atomic E-state index is 13.8. The molecule has 226 valence electrons. The topological polar surface area (TPSA) is 118 Å². The number of carbonyl (C=O) groups excluding carboxylic acids is 2. The first-order chi connectivity index (χ1) is 19.7. The first kappa shape index (κ1) is 30.7. The summed E-state index contributed by atoms with van der Waals surface area (Å²) in [6.07, 6.45) is -4.04. The first-order valence-corrected chi connectivity index (χ1v) is 12.8. The molecule has 0 aliphatic carbocycles. The number of aliphatic carboxylic acids is 1. The number of nitrogens with one attached hydrogen (secondary N) is 3. The summed E-state index contributed by atoms with van der Waals surface area (Å²) < 4.78 is 72.4. The van der Waals surface area contributed by atoms with Crippen molar-refractivity contribution in [3.05, 3.63) is 65.6 Å². The molecule has 1 spiro atoms. The number of H-pyrrole nitrogens is 1. The number of amides is 2. The molecule has 2 aliphatic heterocycles. The van der Waals surface area contributed by atoms with Gasteiger partial charge in [-0.3, -0.25) is 9.59 Å². The number of fused-ring (bicyclic) bond motifs is 1. The number of carbonyl (C=O) groups is 3. The minimum Gasteiger partial charge on any atom is -0.475 e. The Morgan fingerprint density at radius 1 is 1.05 bits per heavy atom. The van der Waals surface area contributed by atoms with Gasteiger partial charge in [0.25, 0.3) is 5.91 Å². The number of carboxylic acids is 1. The molecular weight excluding hydrogens is 572 g/mol. The van der Waals surface area contributed by atoms with Gasteiger partial charge in [0.05, 0.1) is 6.67 Å². The van der Waals surface area contributed by atoms with Crippen molar-refractivity contribution in [2.24, 2.45) is 0 Å². The van der Waals surface area contributed by atoms with Crippen molar-refractivity contribution in [2.75, 3.05) is 31.2 Å². The van der Waals surface area contributed by atoms with Crippen LogP contribution in [0.15, 0.2) is 42.5 Å². The predicted octanol–water partition coefficient (Wildman–Crippen LogP) is 3.77. The number of benzene rings is 2. The monoisotopic (exact) mass is 599 g/mol. The number of halogens is 6. The number of nitrogens with zero attached hydrogens (tertiary/aromatic N) is 2. The highest BCUT2D eigenvalue weighted by molar-refractivity contribution is 5.98. The molecule has 1 aromatic heterocycles. The van der Waals surface area contributed by atoms with Gasteiger partial charge in [-0.15, -0.1) is 0 Å². The Labute approximate surface area is 235 Å². The van der Waals surface area contributed by atoms with E-state index >= 15 is 0 Å². The van der Waals surface area contributed by atoms with Gasteiger partial charge in [-0.1, -0.05) is 0 Å². The molecule has 0 radical (unpaired) electrons. The van der Waals surface area contributed by atoms with Crippen molar-refractivity contribution in [1.82, 2.24) is 20.5 Å². The number of hydrogen-bond donors (Lipinski definition) is 4. The summed E-state index contributed by atoms with van der Waals surface area (Å²) in [5.74, 6) is -5.38. The Morgan fingerprint density at radius 2 is 1.71 bits per heavy atom. The third kappa shape index (κ3) is 6.61. The summed E-state index contributed by atoms with van der Waals surface area (Å²) in [4.78, 5) is 41.4. The number of anilines is 1. The molecule has 3 aromatic rings. The van der Waals surface area contributed by atoms with E-state index in [-0.39, 0.29) is 30.3 Å². The van der Waals surface area contributed by atoms with E-state index in [9.17, 15) is 35.9 Å². The molecule has 15 heteroatoms. The molecular formula is C27H27F6N5O4. The molecule has 2 aromatic carbocycles. The second kappa shape index (κ2) is 11.9. The molecule has 2 amide bonds. The molecule has 3 heterocycles. The Bertz CT molecular complexity index is 1490. The van der Waals surface area contributed by atoms with Crippen LogP contribution in [0.5, 0.6) is 0 Å². The lowest BCUT2D eigenvalue weighted by Crippen LogP contribution is -2.57. The number of piperidine rings is 1. The number of rotatable bonds is 5. The predicted molar refractivity (Wildman–Crippen MR) is 139 cm³/mol. The van der Waals surface area contributed by atoms with Crippen LogP contribution in [-0.2, 0) is 9.59 Å². The molecule has 0 bridgehead atoms. The van der Waals surface area contributed by atoms with Gasteiger partial charge < -0.3 is 30.5 Å². The number of hydrogen-bond acceptors (Lipinski definition) is 5. The summed E-state index contributed by atoms with van der Waals surface area (Å²) in [5.41, 5.74) is 0.702. The van der Waals surface area contributed by atoms with E-state index in [1.54, 1.807) is 12.1 Å². The minimum absolute atomic E-state index is 0.113. The Balaban J connectivity index is 0.000000517. The molecule has 0 saturated carbocycles. The summed E-state index contributed by atoms with van der Waals surface area (Å²) >= 11 is 0. The van der Waals surface area contributed by atoms with Crippen molar-refractivity contribution >= 4 is 34.4 Å². The van der Waals surface area contributed by atoms with E-state index in [0.717, 1.165) is 12.1 Å². The fourth-order valence-corrected chi connectivity index (χ4v) is 5.14. The number of alkyl halides is 3. The second-order valence-corrected chi connectivity index (χ2v) is 10.1. The summed E-state index contributed by atoms with van der Waals surface area (Å²) in [6, 6.07) is 9.45. The standard InChI is InChI=1S/C25H26F3N5O2.C2HF3O2/c1-15(30-23(34)22-11-16-10-17(26)2-5-21(16)31-22)13-32-8-6-25(7-9-32)24(35)29-14-33(25)18-3-4-19(27)20(28)12-18;3-2(4,5)1(6)7/h2-5,10-12,15,31H,6-9,13-14H2,1H3,(H,29,35)(H,30,34);(H,6,7)/t15-;/m0./s1. The van der Waals surface area contributed by atoms with Gasteiger partial charge >= 0.3 is 12.1 Å². The van der Waals surface area contributed by atoms with E-state index in [4.69, 9.17) is 9.90 Å². The third-order valence-electron chi connectivity index (χ3n) is 7.21. The van der Waals surface area contributed by atoms with Gasteiger partial charge in [0.15, 0.2) is 11.6 Å². The molecule has 5 rings (SSSR count). The highest BCUT2D eigenvalue weighted by Gasteiger charge is 2.50. The zero-order valence-electron chi connectivity index (χ0n) is 22.2.